The van der Waals surface area contributed by atoms with E-state index in [-0.39, 0.29) is 6.04 Å². The van der Waals surface area contributed by atoms with Crippen LogP contribution in [0.25, 0.3) is 0 Å². The summed E-state index contributed by atoms with van der Waals surface area (Å²) in [5.41, 5.74) is 2.35. The quantitative estimate of drug-likeness (QED) is 0.778. The number of rotatable bonds is 5. The summed E-state index contributed by atoms with van der Waals surface area (Å²) in [4.78, 5) is 1.26. The number of benzene rings is 1. The zero-order valence-electron chi connectivity index (χ0n) is 11.7. The van der Waals surface area contributed by atoms with Crippen molar-refractivity contribution in [1.82, 2.24) is 5.32 Å². The second-order valence-electron chi connectivity index (χ2n) is 4.48. The van der Waals surface area contributed by atoms with Crippen LogP contribution in [0.15, 0.2) is 28.1 Å². The predicted octanol–water partition coefficient (Wildman–Crippen LogP) is 5.18. The summed E-state index contributed by atoms with van der Waals surface area (Å²) in [5.74, 6) is 0.811. The molecule has 0 saturated heterocycles. The maximum Gasteiger partial charge on any atom is 0.125 e. The van der Waals surface area contributed by atoms with Crippen LogP contribution in [0.3, 0.4) is 0 Å². The molecule has 0 fully saturated rings. The van der Waals surface area contributed by atoms with Crippen molar-refractivity contribution in [2.75, 3.05) is 13.7 Å². The summed E-state index contributed by atoms with van der Waals surface area (Å²) < 4.78 is 6.65. The van der Waals surface area contributed by atoms with E-state index in [2.05, 4.69) is 41.2 Å². The van der Waals surface area contributed by atoms with E-state index >= 15 is 0 Å². The Morgan fingerprint density at radius 1 is 1.40 bits per heavy atom. The smallest absolute Gasteiger partial charge is 0.125 e. The fraction of sp³-hybridized carbons (Fsp3) is 0.333. The Balaban J connectivity index is 2.47. The minimum absolute atomic E-state index is 0.113. The van der Waals surface area contributed by atoms with Crippen LogP contribution >= 0.6 is 38.9 Å². The molecule has 20 heavy (non-hydrogen) atoms. The van der Waals surface area contributed by atoms with Gasteiger partial charge in [-0.25, -0.2) is 0 Å². The predicted molar refractivity (Wildman–Crippen MR) is 90.3 cm³/mol. The number of halogens is 2. The summed E-state index contributed by atoms with van der Waals surface area (Å²) >= 11 is 11.4. The molecule has 1 atom stereocenters. The Labute approximate surface area is 137 Å². The number of aryl methyl sites for hydroxylation is 1. The van der Waals surface area contributed by atoms with Crippen molar-refractivity contribution in [3.8, 4) is 5.75 Å². The second-order valence-corrected chi connectivity index (χ2v) is 7.32. The first kappa shape index (κ1) is 15.8. The molecule has 0 saturated carbocycles. The van der Waals surface area contributed by atoms with E-state index in [0.717, 1.165) is 17.9 Å². The fourth-order valence-electron chi connectivity index (χ4n) is 2.12. The minimum atomic E-state index is 0.113. The highest BCUT2D eigenvalue weighted by molar-refractivity contribution is 9.11. The summed E-state index contributed by atoms with van der Waals surface area (Å²) in [5, 5.41) is 4.20. The monoisotopic (exact) mass is 373 g/mol. The molecule has 2 nitrogen and oxygen atoms in total. The first-order chi connectivity index (χ1) is 9.56. The van der Waals surface area contributed by atoms with Crippen molar-refractivity contribution in [3.05, 3.63) is 49.1 Å². The normalized spacial score (nSPS) is 12.4. The van der Waals surface area contributed by atoms with Gasteiger partial charge in [-0.3, -0.25) is 0 Å². The summed E-state index contributed by atoms with van der Waals surface area (Å²) in [6.45, 7) is 5.09. The Morgan fingerprint density at radius 3 is 2.70 bits per heavy atom. The number of thiophene rings is 1. The summed E-state index contributed by atoms with van der Waals surface area (Å²) in [7, 11) is 1.67. The number of hydrogen-bond donors (Lipinski definition) is 1. The number of ether oxygens (including phenoxy) is 1. The molecule has 0 amide bonds. The van der Waals surface area contributed by atoms with Gasteiger partial charge in [0.05, 0.1) is 16.9 Å². The molecule has 2 aromatic rings. The van der Waals surface area contributed by atoms with E-state index in [1.807, 2.05) is 18.2 Å². The zero-order chi connectivity index (χ0) is 14.7. The lowest BCUT2D eigenvalue weighted by molar-refractivity contribution is 0.405. The largest absolute Gasteiger partial charge is 0.496 e. The van der Waals surface area contributed by atoms with Gasteiger partial charge in [0.1, 0.15) is 5.75 Å². The van der Waals surface area contributed by atoms with Gasteiger partial charge in [0.25, 0.3) is 0 Å². The van der Waals surface area contributed by atoms with Crippen molar-refractivity contribution < 1.29 is 4.74 Å². The molecule has 0 aliphatic carbocycles. The molecule has 1 unspecified atom stereocenters. The highest BCUT2D eigenvalue weighted by Crippen LogP contribution is 2.38. The van der Waals surface area contributed by atoms with Crippen LogP contribution in [0.5, 0.6) is 5.75 Å². The molecule has 0 bridgehead atoms. The number of hydrogen-bond acceptors (Lipinski definition) is 3. The Hall–Kier alpha value is -0.550. The van der Waals surface area contributed by atoms with E-state index < -0.39 is 0 Å². The molecule has 1 heterocycles. The first-order valence-corrected chi connectivity index (χ1v) is 8.38. The lowest BCUT2D eigenvalue weighted by Gasteiger charge is -2.20. The van der Waals surface area contributed by atoms with Crippen LogP contribution in [-0.4, -0.2) is 13.7 Å². The van der Waals surface area contributed by atoms with Gasteiger partial charge in [0.2, 0.25) is 0 Å². The fourth-order valence-corrected chi connectivity index (χ4v) is 3.95. The van der Waals surface area contributed by atoms with Gasteiger partial charge in [-0.05, 0) is 53.2 Å². The van der Waals surface area contributed by atoms with Gasteiger partial charge >= 0.3 is 0 Å². The van der Waals surface area contributed by atoms with E-state index in [4.69, 9.17) is 16.3 Å². The van der Waals surface area contributed by atoms with Crippen LogP contribution in [0.1, 0.15) is 29.0 Å². The molecule has 2 rings (SSSR count). The van der Waals surface area contributed by atoms with Gasteiger partial charge in [-0.2, -0.15) is 0 Å². The van der Waals surface area contributed by atoms with Crippen LogP contribution in [0.4, 0.5) is 0 Å². The van der Waals surface area contributed by atoms with Crippen molar-refractivity contribution >= 4 is 38.9 Å². The van der Waals surface area contributed by atoms with Gasteiger partial charge < -0.3 is 10.1 Å². The molecular formula is C15H17BrClNOS. The SMILES string of the molecule is CCNC(c1cc(C)c(Br)s1)c1ccc(Cl)cc1OC. The molecule has 1 aromatic heterocycles. The maximum atomic E-state index is 6.05. The van der Waals surface area contributed by atoms with Gasteiger partial charge in [-0.1, -0.05) is 24.6 Å². The Kier molecular flexibility index (Phi) is 5.49. The Morgan fingerprint density at radius 2 is 2.15 bits per heavy atom. The lowest BCUT2D eigenvalue weighted by atomic mass is 10.0. The van der Waals surface area contributed by atoms with Crippen LogP contribution in [-0.2, 0) is 0 Å². The second kappa shape index (κ2) is 6.94. The Bertz CT molecular complexity index is 580. The third-order valence-corrected chi connectivity index (χ3v) is 5.51. The third kappa shape index (κ3) is 3.37. The molecule has 0 aliphatic heterocycles. The van der Waals surface area contributed by atoms with Crippen molar-refractivity contribution in [1.29, 1.82) is 0 Å². The molecule has 1 aromatic carbocycles. The van der Waals surface area contributed by atoms with E-state index in [9.17, 15) is 0 Å². The summed E-state index contributed by atoms with van der Waals surface area (Å²) in [6.07, 6.45) is 0. The van der Waals surface area contributed by atoms with Crippen molar-refractivity contribution in [2.45, 2.75) is 19.9 Å². The maximum absolute atomic E-state index is 6.05. The molecule has 1 N–H and O–H groups in total. The average molecular weight is 375 g/mol. The van der Waals surface area contributed by atoms with E-state index in [0.29, 0.717) is 5.02 Å². The lowest BCUT2D eigenvalue weighted by Crippen LogP contribution is -2.21. The topological polar surface area (TPSA) is 21.3 Å². The third-order valence-electron chi connectivity index (χ3n) is 3.08. The molecule has 108 valence electrons. The van der Waals surface area contributed by atoms with Crippen molar-refractivity contribution in [2.24, 2.45) is 0 Å². The van der Waals surface area contributed by atoms with Crippen molar-refractivity contribution in [3.63, 3.8) is 0 Å². The van der Waals surface area contributed by atoms with E-state index in [1.165, 1.54) is 14.2 Å². The zero-order valence-corrected chi connectivity index (χ0v) is 14.8. The highest BCUT2D eigenvalue weighted by atomic mass is 79.9. The van der Waals surface area contributed by atoms with Gasteiger partial charge in [-0.15, -0.1) is 11.3 Å². The summed E-state index contributed by atoms with van der Waals surface area (Å²) in [6, 6.07) is 8.10. The minimum Gasteiger partial charge on any atom is -0.496 e. The molecule has 0 radical (unpaired) electrons. The average Bonchev–Trinajstić information content (AvgIpc) is 2.76. The van der Waals surface area contributed by atoms with Gasteiger partial charge in [0, 0.05) is 15.5 Å². The first-order valence-electron chi connectivity index (χ1n) is 6.39. The van der Waals surface area contributed by atoms with Crippen LogP contribution in [0.2, 0.25) is 5.02 Å². The molecule has 0 spiro atoms. The number of nitrogens with one attached hydrogen (secondary N) is 1. The molecular weight excluding hydrogens is 358 g/mol. The van der Waals surface area contributed by atoms with Gasteiger partial charge in [0.15, 0.2) is 0 Å². The highest BCUT2D eigenvalue weighted by Gasteiger charge is 2.20. The number of methoxy groups -OCH3 is 1. The van der Waals surface area contributed by atoms with Crippen LogP contribution in [0, 0.1) is 6.92 Å². The van der Waals surface area contributed by atoms with Crippen LogP contribution < -0.4 is 10.1 Å². The van der Waals surface area contributed by atoms with E-state index in [1.54, 1.807) is 18.4 Å². The molecule has 5 heteroatoms. The molecule has 0 aliphatic rings. The standard InChI is InChI=1S/C15H17BrClNOS/c1-4-18-14(13-7-9(2)15(16)20-13)11-6-5-10(17)8-12(11)19-3/h5-8,14,18H,4H2,1-3H3.